The highest BCUT2D eigenvalue weighted by Crippen LogP contribution is 2.38. The molecule has 5 nitrogen and oxygen atoms in total. The van der Waals surface area contributed by atoms with Crippen molar-refractivity contribution in [2.45, 2.75) is 38.7 Å². The maximum absolute atomic E-state index is 9.47. The van der Waals surface area contributed by atoms with E-state index in [2.05, 4.69) is 42.5 Å². The summed E-state index contributed by atoms with van der Waals surface area (Å²) >= 11 is 10.7. The predicted molar refractivity (Wildman–Crippen MR) is 130 cm³/mol. The molecule has 0 amide bonds. The van der Waals surface area contributed by atoms with Crippen LogP contribution < -0.4 is 9.47 Å². The van der Waals surface area contributed by atoms with Gasteiger partial charge in [0.15, 0.2) is 5.75 Å². The molecule has 0 N–H and O–H groups in total. The van der Waals surface area contributed by atoms with Crippen LogP contribution in [0.2, 0.25) is 5.02 Å². The number of nitriles is 1. The van der Waals surface area contributed by atoms with Crippen LogP contribution in [-0.2, 0) is 12.0 Å². The molecule has 0 fully saturated rings. The number of methoxy groups -OCH3 is 1. The highest BCUT2D eigenvalue weighted by molar-refractivity contribution is 7.80. The van der Waals surface area contributed by atoms with Crippen LogP contribution in [-0.4, -0.2) is 22.8 Å². The second-order valence-corrected chi connectivity index (χ2v) is 8.85. The Bertz CT molecular complexity index is 1130. The number of nitrogens with zero attached hydrogens (tertiary/aromatic N) is 3. The first-order valence-electron chi connectivity index (χ1n) is 10.2. The predicted octanol–water partition coefficient (Wildman–Crippen LogP) is 5.95. The van der Waals surface area contributed by atoms with Gasteiger partial charge >= 0.3 is 0 Å². The van der Waals surface area contributed by atoms with Crippen LogP contribution >= 0.6 is 24.2 Å². The zero-order valence-corrected chi connectivity index (χ0v) is 20.2. The van der Waals surface area contributed by atoms with Crippen molar-refractivity contribution >= 4 is 24.2 Å². The molecule has 0 saturated carbocycles. The highest BCUT2D eigenvalue weighted by Gasteiger charge is 2.26. The molecule has 0 radical (unpaired) electrons. The van der Waals surface area contributed by atoms with E-state index in [-0.39, 0.29) is 11.3 Å². The van der Waals surface area contributed by atoms with Crippen LogP contribution in [0.5, 0.6) is 11.5 Å². The largest absolute Gasteiger partial charge is 0.494 e. The lowest BCUT2D eigenvalue weighted by Gasteiger charge is -2.27. The molecule has 1 heterocycles. The van der Waals surface area contributed by atoms with Crippen molar-refractivity contribution in [3.8, 4) is 17.6 Å². The minimum Gasteiger partial charge on any atom is -0.494 e. The lowest BCUT2D eigenvalue weighted by atomic mass is 9.77. The minimum absolute atomic E-state index is 0.188. The van der Waals surface area contributed by atoms with Crippen LogP contribution in [0.25, 0.3) is 0 Å². The summed E-state index contributed by atoms with van der Waals surface area (Å²) in [4.78, 5) is 8.87. The highest BCUT2D eigenvalue weighted by atomic mass is 35.5. The van der Waals surface area contributed by atoms with Crippen molar-refractivity contribution in [3.05, 3.63) is 81.9 Å². The molecule has 1 atom stereocenters. The van der Waals surface area contributed by atoms with E-state index in [0.717, 1.165) is 28.4 Å². The van der Waals surface area contributed by atoms with E-state index >= 15 is 0 Å². The van der Waals surface area contributed by atoms with Gasteiger partial charge in [-0.05, 0) is 47.2 Å². The van der Waals surface area contributed by atoms with E-state index < -0.39 is 0 Å². The van der Waals surface area contributed by atoms with Crippen LogP contribution in [0.1, 0.15) is 54.9 Å². The molecule has 3 aromatic rings. The third kappa shape index (κ3) is 5.17. The molecule has 1 aromatic heterocycles. The summed E-state index contributed by atoms with van der Waals surface area (Å²) in [5, 5.41) is 9.89. The van der Waals surface area contributed by atoms with Crippen molar-refractivity contribution in [1.82, 2.24) is 9.97 Å². The SMILES string of the molecule is COc1c(Cl)cc(C(C)(C)c2ccc(OCc3ccnc(C(C)CS)n3)cc2)cc1C#N. The van der Waals surface area contributed by atoms with Gasteiger partial charge in [0.05, 0.1) is 23.4 Å². The quantitative estimate of drug-likeness (QED) is 0.414. The van der Waals surface area contributed by atoms with Crippen LogP contribution in [0, 0.1) is 11.3 Å². The number of rotatable bonds is 8. The first-order valence-corrected chi connectivity index (χ1v) is 11.2. The summed E-state index contributed by atoms with van der Waals surface area (Å²) in [7, 11) is 1.51. The van der Waals surface area contributed by atoms with Crippen molar-refractivity contribution in [2.24, 2.45) is 0 Å². The van der Waals surface area contributed by atoms with E-state index in [1.165, 1.54) is 7.11 Å². The number of hydrogen-bond donors (Lipinski definition) is 1. The Hall–Kier alpha value is -2.75. The Labute approximate surface area is 199 Å². The molecule has 0 aliphatic rings. The van der Waals surface area contributed by atoms with Gasteiger partial charge in [0, 0.05) is 17.5 Å². The number of ether oxygens (including phenoxy) is 2. The number of thiol groups is 1. The average molecular weight is 468 g/mol. The van der Waals surface area contributed by atoms with E-state index in [1.807, 2.05) is 49.4 Å². The number of hydrogen-bond acceptors (Lipinski definition) is 6. The molecule has 32 heavy (non-hydrogen) atoms. The summed E-state index contributed by atoms with van der Waals surface area (Å²) in [5.41, 5.74) is 2.87. The molecule has 2 aromatic carbocycles. The van der Waals surface area contributed by atoms with Crippen molar-refractivity contribution < 1.29 is 9.47 Å². The molecule has 0 spiro atoms. The molecule has 0 bridgehead atoms. The second kappa shape index (κ2) is 10.2. The van der Waals surface area contributed by atoms with Gasteiger partial charge in [0.1, 0.15) is 24.3 Å². The molecule has 0 saturated heterocycles. The summed E-state index contributed by atoms with van der Waals surface area (Å²) in [6.07, 6.45) is 1.75. The second-order valence-electron chi connectivity index (χ2n) is 8.08. The van der Waals surface area contributed by atoms with E-state index in [9.17, 15) is 5.26 Å². The third-order valence-electron chi connectivity index (χ3n) is 5.50. The fourth-order valence-corrected chi connectivity index (χ4v) is 3.81. The lowest BCUT2D eigenvalue weighted by Crippen LogP contribution is -2.19. The summed E-state index contributed by atoms with van der Waals surface area (Å²) in [5.74, 6) is 2.80. The zero-order valence-electron chi connectivity index (χ0n) is 18.6. The topological polar surface area (TPSA) is 68.0 Å². The first kappa shape index (κ1) is 23.9. The molecule has 0 aliphatic carbocycles. The third-order valence-corrected chi connectivity index (χ3v) is 6.33. The molecular formula is C25H26ClN3O2S. The Balaban J connectivity index is 1.77. The lowest BCUT2D eigenvalue weighted by molar-refractivity contribution is 0.300. The molecule has 3 rings (SSSR count). The van der Waals surface area contributed by atoms with Gasteiger partial charge in [-0.1, -0.05) is 44.5 Å². The standard InChI is InChI=1S/C25H26ClN3O2S/c1-16(15-32)24-28-10-9-20(29-24)14-31-21-7-5-18(6-8-21)25(2,3)19-11-17(13-27)23(30-4)22(26)12-19/h5-12,16,32H,14-15H2,1-4H3. The normalized spacial score (nSPS) is 12.2. The van der Waals surface area contributed by atoms with Crippen LogP contribution in [0.15, 0.2) is 48.7 Å². The minimum atomic E-state index is -0.370. The fraction of sp³-hybridized carbons (Fsp3) is 0.320. The summed E-state index contributed by atoms with van der Waals surface area (Å²) < 4.78 is 11.2. The Morgan fingerprint density at radius 3 is 2.50 bits per heavy atom. The Morgan fingerprint density at radius 2 is 1.88 bits per heavy atom. The van der Waals surface area contributed by atoms with Gasteiger partial charge in [-0.25, -0.2) is 9.97 Å². The summed E-state index contributed by atoms with van der Waals surface area (Å²) in [6.45, 7) is 6.58. The molecular weight excluding hydrogens is 442 g/mol. The van der Waals surface area contributed by atoms with Crippen molar-refractivity contribution in [1.29, 1.82) is 5.26 Å². The number of aromatic nitrogens is 2. The molecule has 166 valence electrons. The maximum Gasteiger partial charge on any atom is 0.155 e. The molecule has 0 aliphatic heterocycles. The molecule has 1 unspecified atom stereocenters. The maximum atomic E-state index is 9.47. The van der Waals surface area contributed by atoms with Gasteiger partial charge in [-0.2, -0.15) is 17.9 Å². The molecule has 7 heteroatoms. The zero-order chi connectivity index (χ0) is 23.3. The van der Waals surface area contributed by atoms with Crippen molar-refractivity contribution in [2.75, 3.05) is 12.9 Å². The van der Waals surface area contributed by atoms with Crippen LogP contribution in [0.4, 0.5) is 0 Å². The fourth-order valence-electron chi connectivity index (χ4n) is 3.35. The van der Waals surface area contributed by atoms with E-state index in [1.54, 1.807) is 6.20 Å². The Morgan fingerprint density at radius 1 is 1.16 bits per heavy atom. The average Bonchev–Trinajstić information content (AvgIpc) is 2.82. The van der Waals surface area contributed by atoms with Crippen molar-refractivity contribution in [3.63, 3.8) is 0 Å². The van der Waals surface area contributed by atoms with Gasteiger partial charge in [0.2, 0.25) is 0 Å². The van der Waals surface area contributed by atoms with Crippen LogP contribution in [0.3, 0.4) is 0 Å². The number of benzene rings is 2. The number of halogens is 1. The summed E-state index contributed by atoms with van der Waals surface area (Å²) in [6, 6.07) is 15.6. The Kier molecular flexibility index (Phi) is 7.65. The van der Waals surface area contributed by atoms with Gasteiger partial charge in [0.25, 0.3) is 0 Å². The smallest absolute Gasteiger partial charge is 0.155 e. The van der Waals surface area contributed by atoms with Gasteiger partial charge in [-0.15, -0.1) is 0 Å². The van der Waals surface area contributed by atoms with E-state index in [0.29, 0.717) is 28.7 Å². The van der Waals surface area contributed by atoms with E-state index in [4.69, 9.17) is 21.1 Å². The first-order chi connectivity index (χ1) is 15.3. The van der Waals surface area contributed by atoms with Gasteiger partial charge < -0.3 is 9.47 Å². The monoisotopic (exact) mass is 467 g/mol. The van der Waals surface area contributed by atoms with Gasteiger partial charge in [-0.3, -0.25) is 0 Å².